The van der Waals surface area contributed by atoms with Gasteiger partial charge in [0.2, 0.25) is 5.91 Å². The number of aromatic nitrogens is 2. The molecule has 4 heterocycles. The molecule has 1 aromatic rings. The summed E-state index contributed by atoms with van der Waals surface area (Å²) in [6.45, 7) is 2.33. The van der Waals surface area contributed by atoms with Crippen LogP contribution in [0.5, 0.6) is 0 Å². The van der Waals surface area contributed by atoms with Crippen molar-refractivity contribution in [2.75, 3.05) is 26.2 Å². The summed E-state index contributed by atoms with van der Waals surface area (Å²) in [5.41, 5.74) is -0.511. The number of piperidine rings is 1. The molecule has 154 valence electrons. The first-order chi connectivity index (χ1) is 13.2. The van der Waals surface area contributed by atoms with Gasteiger partial charge in [-0.15, -0.1) is 0 Å². The Kier molecular flexibility index (Phi) is 4.54. The highest BCUT2D eigenvalue weighted by Gasteiger charge is 2.50. The molecule has 1 spiro atoms. The number of likely N-dealkylation sites (tertiary alicyclic amines) is 2. The third-order valence-corrected chi connectivity index (χ3v) is 6.14. The van der Waals surface area contributed by atoms with Gasteiger partial charge in [0.25, 0.3) is 0 Å². The maximum Gasteiger partial charge on any atom is 0.435 e. The van der Waals surface area contributed by atoms with Crippen LogP contribution in [0, 0.1) is 5.92 Å². The van der Waals surface area contributed by atoms with Crippen molar-refractivity contribution in [3.63, 3.8) is 0 Å². The smallest absolute Gasteiger partial charge is 0.347 e. The number of halogens is 3. The van der Waals surface area contributed by atoms with E-state index in [4.69, 9.17) is 0 Å². The molecule has 0 unspecified atom stereocenters. The van der Waals surface area contributed by atoms with Crippen LogP contribution in [0.3, 0.4) is 0 Å². The Morgan fingerprint density at radius 2 is 1.96 bits per heavy atom. The number of hydrogen-bond acceptors (Lipinski definition) is 3. The second-order valence-electron chi connectivity index (χ2n) is 8.24. The number of rotatable bonds is 2. The zero-order valence-electron chi connectivity index (χ0n) is 15.8. The Bertz CT molecular complexity index is 777. The molecule has 4 rings (SSSR count). The van der Waals surface area contributed by atoms with E-state index in [1.54, 1.807) is 4.90 Å². The molecule has 0 aromatic carbocycles. The molecule has 3 fully saturated rings. The molecule has 1 N–H and O–H groups in total. The Morgan fingerprint density at radius 3 is 2.50 bits per heavy atom. The van der Waals surface area contributed by atoms with Crippen LogP contribution in [0.25, 0.3) is 0 Å². The normalized spacial score (nSPS) is 22.5. The molecule has 0 radical (unpaired) electrons. The van der Waals surface area contributed by atoms with E-state index in [2.05, 4.69) is 10.4 Å². The summed E-state index contributed by atoms with van der Waals surface area (Å²) in [7, 11) is 1.53. The fourth-order valence-electron chi connectivity index (χ4n) is 4.49. The number of nitrogens with one attached hydrogen (secondary N) is 1. The van der Waals surface area contributed by atoms with E-state index >= 15 is 0 Å². The Hall–Kier alpha value is -2.26. The van der Waals surface area contributed by atoms with Gasteiger partial charge in [-0.25, -0.2) is 4.79 Å². The molecule has 0 bridgehead atoms. The van der Waals surface area contributed by atoms with Crippen molar-refractivity contribution in [2.45, 2.75) is 43.8 Å². The topological polar surface area (TPSA) is 70.5 Å². The molecular weight excluding hydrogens is 375 g/mol. The van der Waals surface area contributed by atoms with Crippen molar-refractivity contribution in [3.05, 3.63) is 17.5 Å². The van der Waals surface area contributed by atoms with E-state index in [1.807, 2.05) is 4.90 Å². The SMILES string of the molecule is Cn1nc(C(F)(F)F)cc1CC1CCN(C(=O)N2CC3(CCC(=O)N3)C2)CC1. The monoisotopic (exact) mass is 399 g/mol. The first-order valence-electron chi connectivity index (χ1n) is 9.60. The number of aryl methyl sites for hydroxylation is 1. The molecule has 3 saturated heterocycles. The maximum absolute atomic E-state index is 12.8. The first kappa shape index (κ1) is 19.1. The number of urea groups is 1. The summed E-state index contributed by atoms with van der Waals surface area (Å²) in [5, 5.41) is 6.53. The van der Waals surface area contributed by atoms with Crippen molar-refractivity contribution in [1.82, 2.24) is 24.9 Å². The zero-order valence-corrected chi connectivity index (χ0v) is 15.8. The quantitative estimate of drug-likeness (QED) is 0.824. The average Bonchev–Trinajstić information content (AvgIpc) is 3.17. The van der Waals surface area contributed by atoms with Crippen molar-refractivity contribution in [1.29, 1.82) is 0 Å². The largest absolute Gasteiger partial charge is 0.435 e. The van der Waals surface area contributed by atoms with Crippen LogP contribution in [0.4, 0.5) is 18.0 Å². The molecule has 10 heteroatoms. The molecule has 7 nitrogen and oxygen atoms in total. The van der Waals surface area contributed by atoms with Gasteiger partial charge < -0.3 is 15.1 Å². The van der Waals surface area contributed by atoms with Gasteiger partial charge in [-0.1, -0.05) is 0 Å². The lowest BCUT2D eigenvalue weighted by atomic mass is 9.88. The Labute approximate surface area is 160 Å². The average molecular weight is 399 g/mol. The van der Waals surface area contributed by atoms with Gasteiger partial charge in [0.15, 0.2) is 5.69 Å². The number of carbonyl (C=O) groups is 2. The van der Waals surface area contributed by atoms with Crippen molar-refractivity contribution >= 4 is 11.9 Å². The molecule has 0 aliphatic carbocycles. The highest BCUT2D eigenvalue weighted by molar-refractivity contribution is 5.82. The second-order valence-corrected chi connectivity index (χ2v) is 8.24. The number of alkyl halides is 3. The lowest BCUT2D eigenvalue weighted by Crippen LogP contribution is -2.70. The van der Waals surface area contributed by atoms with E-state index in [-0.39, 0.29) is 23.4 Å². The highest BCUT2D eigenvalue weighted by atomic mass is 19.4. The first-order valence-corrected chi connectivity index (χ1v) is 9.60. The molecule has 3 amide bonds. The minimum atomic E-state index is -4.43. The third-order valence-electron chi connectivity index (χ3n) is 6.14. The fourth-order valence-corrected chi connectivity index (χ4v) is 4.49. The van der Waals surface area contributed by atoms with Gasteiger partial charge >= 0.3 is 12.2 Å². The summed E-state index contributed by atoms with van der Waals surface area (Å²) < 4.78 is 39.7. The summed E-state index contributed by atoms with van der Waals surface area (Å²) in [6, 6.07) is 1.11. The number of nitrogens with zero attached hydrogens (tertiary/aromatic N) is 4. The molecular formula is C18H24F3N5O2. The van der Waals surface area contributed by atoms with Crippen molar-refractivity contribution < 1.29 is 22.8 Å². The van der Waals surface area contributed by atoms with Crippen molar-refractivity contribution in [2.24, 2.45) is 13.0 Å². The van der Waals surface area contributed by atoms with Gasteiger partial charge in [0, 0.05) is 45.3 Å². The Morgan fingerprint density at radius 1 is 1.29 bits per heavy atom. The van der Waals surface area contributed by atoms with E-state index < -0.39 is 11.9 Å². The van der Waals surface area contributed by atoms with E-state index in [0.29, 0.717) is 44.7 Å². The lowest BCUT2D eigenvalue weighted by Gasteiger charge is -2.49. The predicted molar refractivity (Wildman–Crippen MR) is 93.3 cm³/mol. The zero-order chi connectivity index (χ0) is 20.1. The molecule has 28 heavy (non-hydrogen) atoms. The fraction of sp³-hybridized carbons (Fsp3) is 0.722. The van der Waals surface area contributed by atoms with Gasteiger partial charge in [-0.3, -0.25) is 9.48 Å². The predicted octanol–water partition coefficient (Wildman–Crippen LogP) is 1.78. The Balaban J connectivity index is 1.27. The number of hydrogen-bond donors (Lipinski definition) is 1. The number of amides is 3. The van der Waals surface area contributed by atoms with Gasteiger partial charge in [-0.05, 0) is 37.7 Å². The van der Waals surface area contributed by atoms with Crippen LogP contribution in [0.15, 0.2) is 6.07 Å². The molecule has 0 atom stereocenters. The summed E-state index contributed by atoms with van der Waals surface area (Å²) in [5.74, 6) is 0.286. The minimum absolute atomic E-state index is 0.00915. The van der Waals surface area contributed by atoms with Crippen LogP contribution < -0.4 is 5.32 Å². The molecule has 0 saturated carbocycles. The second kappa shape index (κ2) is 6.66. The highest BCUT2D eigenvalue weighted by Crippen LogP contribution is 2.33. The standard InChI is InChI=1S/C18H24F3N5O2/c1-24-13(9-14(23-24)18(19,20)21)8-12-3-6-25(7-4-12)16(28)26-10-17(11-26)5-2-15(27)22-17/h9,12H,2-8,10-11H2,1H3,(H,22,27). The van der Waals surface area contributed by atoms with Gasteiger partial charge in [0.1, 0.15) is 0 Å². The van der Waals surface area contributed by atoms with Crippen LogP contribution in [0.2, 0.25) is 0 Å². The summed E-state index contributed by atoms with van der Waals surface area (Å²) >= 11 is 0. The summed E-state index contributed by atoms with van der Waals surface area (Å²) in [4.78, 5) is 27.6. The van der Waals surface area contributed by atoms with E-state index in [1.165, 1.54) is 11.7 Å². The van der Waals surface area contributed by atoms with E-state index in [0.717, 1.165) is 25.3 Å². The lowest BCUT2D eigenvalue weighted by molar-refractivity contribution is -0.141. The van der Waals surface area contributed by atoms with E-state index in [9.17, 15) is 22.8 Å². The molecule has 3 aliphatic rings. The van der Waals surface area contributed by atoms with Gasteiger partial charge in [-0.2, -0.15) is 18.3 Å². The molecule has 1 aromatic heterocycles. The third kappa shape index (κ3) is 3.56. The van der Waals surface area contributed by atoms with Crippen LogP contribution in [-0.4, -0.2) is 63.2 Å². The number of carbonyl (C=O) groups excluding carboxylic acids is 2. The van der Waals surface area contributed by atoms with Gasteiger partial charge in [0.05, 0.1) is 5.54 Å². The summed E-state index contributed by atoms with van der Waals surface area (Å²) in [6.07, 6.45) is -1.08. The minimum Gasteiger partial charge on any atom is -0.347 e. The molecule has 3 aliphatic heterocycles. The van der Waals surface area contributed by atoms with Crippen LogP contribution in [0.1, 0.15) is 37.1 Å². The van der Waals surface area contributed by atoms with Crippen LogP contribution in [-0.2, 0) is 24.4 Å². The van der Waals surface area contributed by atoms with Crippen molar-refractivity contribution in [3.8, 4) is 0 Å². The maximum atomic E-state index is 12.8. The van der Waals surface area contributed by atoms with Crippen LogP contribution >= 0.6 is 0 Å².